The highest BCUT2D eigenvalue weighted by molar-refractivity contribution is 6.18. The summed E-state index contributed by atoms with van der Waals surface area (Å²) in [6.45, 7) is 0.146. The van der Waals surface area contributed by atoms with Crippen molar-refractivity contribution in [3.8, 4) is 11.1 Å². The summed E-state index contributed by atoms with van der Waals surface area (Å²) >= 11 is 5.56. The van der Waals surface area contributed by atoms with E-state index in [2.05, 4.69) is 17.4 Å². The molecule has 6 heteroatoms. The number of carbonyl (C=O) groups is 2. The normalized spacial score (nSPS) is 13.6. The number of carbonyl (C=O) groups excluding carboxylic acids is 1. The summed E-state index contributed by atoms with van der Waals surface area (Å²) in [6.07, 6.45) is -0.611. The summed E-state index contributed by atoms with van der Waals surface area (Å²) < 4.78 is 5.31. The molecule has 0 saturated heterocycles. The van der Waals surface area contributed by atoms with Crippen molar-refractivity contribution in [1.82, 2.24) is 5.32 Å². The fourth-order valence-corrected chi connectivity index (χ4v) is 3.37. The number of alkyl halides is 1. The maximum absolute atomic E-state index is 12.0. The number of rotatable bonds is 6. The van der Waals surface area contributed by atoms with E-state index in [1.807, 2.05) is 36.4 Å². The van der Waals surface area contributed by atoms with Gasteiger partial charge in [0.15, 0.2) is 0 Å². The quantitative estimate of drug-likeness (QED) is 0.772. The van der Waals surface area contributed by atoms with Crippen molar-refractivity contribution in [3.05, 3.63) is 59.7 Å². The molecule has 0 saturated carbocycles. The van der Waals surface area contributed by atoms with Gasteiger partial charge >= 0.3 is 12.1 Å². The molecule has 1 aliphatic rings. The van der Waals surface area contributed by atoms with Gasteiger partial charge in [-0.05, 0) is 28.7 Å². The van der Waals surface area contributed by atoms with Gasteiger partial charge in [-0.25, -0.2) is 9.59 Å². The van der Waals surface area contributed by atoms with E-state index in [0.29, 0.717) is 0 Å². The summed E-state index contributed by atoms with van der Waals surface area (Å²) in [7, 11) is 0. The van der Waals surface area contributed by atoms with Crippen LogP contribution in [0.5, 0.6) is 0 Å². The van der Waals surface area contributed by atoms with Gasteiger partial charge in [0.25, 0.3) is 0 Å². The number of aliphatic carboxylic acids is 1. The SMILES string of the molecule is O=C(NC(CCCl)C(=O)O)OCC1c2ccccc2-c2ccccc21. The average Bonchev–Trinajstić information content (AvgIpc) is 2.93. The maximum Gasteiger partial charge on any atom is 0.407 e. The Morgan fingerprint density at radius 2 is 1.64 bits per heavy atom. The Bertz CT molecular complexity index is 747. The molecule has 3 rings (SSSR count). The number of alkyl carbamates (subject to hydrolysis) is 1. The van der Waals surface area contributed by atoms with E-state index in [1.54, 1.807) is 0 Å². The Balaban J connectivity index is 1.71. The van der Waals surface area contributed by atoms with Gasteiger partial charge in [-0.2, -0.15) is 0 Å². The van der Waals surface area contributed by atoms with E-state index < -0.39 is 18.1 Å². The van der Waals surface area contributed by atoms with Gasteiger partial charge in [-0.3, -0.25) is 0 Å². The number of carboxylic acid groups (broad SMARTS) is 1. The van der Waals surface area contributed by atoms with Gasteiger partial charge in [0.05, 0.1) is 0 Å². The second kappa shape index (κ2) is 7.57. The monoisotopic (exact) mass is 359 g/mol. The Labute approximate surface area is 150 Å². The van der Waals surface area contributed by atoms with Crippen LogP contribution < -0.4 is 5.32 Å². The topological polar surface area (TPSA) is 75.6 Å². The van der Waals surface area contributed by atoms with Crippen molar-refractivity contribution >= 4 is 23.7 Å². The van der Waals surface area contributed by atoms with E-state index in [9.17, 15) is 9.59 Å². The van der Waals surface area contributed by atoms with Gasteiger partial charge in [-0.1, -0.05) is 48.5 Å². The van der Waals surface area contributed by atoms with Crippen LogP contribution in [0.4, 0.5) is 4.79 Å². The van der Waals surface area contributed by atoms with Crippen molar-refractivity contribution < 1.29 is 19.4 Å². The van der Waals surface area contributed by atoms with E-state index in [1.165, 1.54) is 0 Å². The number of benzene rings is 2. The van der Waals surface area contributed by atoms with E-state index in [-0.39, 0.29) is 24.8 Å². The van der Waals surface area contributed by atoms with Gasteiger partial charge < -0.3 is 15.2 Å². The van der Waals surface area contributed by atoms with Crippen molar-refractivity contribution in [1.29, 1.82) is 0 Å². The number of hydrogen-bond acceptors (Lipinski definition) is 3. The summed E-state index contributed by atoms with van der Waals surface area (Å²) in [4.78, 5) is 23.1. The molecule has 0 aliphatic heterocycles. The zero-order valence-electron chi connectivity index (χ0n) is 13.4. The van der Waals surface area contributed by atoms with Gasteiger partial charge in [0.1, 0.15) is 12.6 Å². The molecule has 0 radical (unpaired) electrons. The first-order valence-corrected chi connectivity index (χ1v) is 8.55. The molecule has 2 aromatic rings. The molecule has 0 bridgehead atoms. The second-order valence-electron chi connectivity index (χ2n) is 5.84. The summed E-state index contributed by atoms with van der Waals surface area (Å²) in [5.41, 5.74) is 4.48. The lowest BCUT2D eigenvalue weighted by Crippen LogP contribution is -2.41. The predicted octanol–water partition coefficient (Wildman–Crippen LogP) is 3.61. The highest BCUT2D eigenvalue weighted by Crippen LogP contribution is 2.44. The van der Waals surface area contributed by atoms with Crippen LogP contribution in [0, 0.1) is 0 Å². The minimum Gasteiger partial charge on any atom is -0.480 e. The number of hydrogen-bond donors (Lipinski definition) is 2. The molecule has 2 aromatic carbocycles. The van der Waals surface area contributed by atoms with Crippen molar-refractivity contribution in [3.63, 3.8) is 0 Å². The molecular weight excluding hydrogens is 342 g/mol. The molecular formula is C19H18ClNO4. The lowest BCUT2D eigenvalue weighted by atomic mass is 9.98. The molecule has 25 heavy (non-hydrogen) atoms. The summed E-state index contributed by atoms with van der Waals surface area (Å²) in [6, 6.07) is 15.0. The number of ether oxygens (including phenoxy) is 1. The molecule has 0 fully saturated rings. The Morgan fingerprint density at radius 1 is 1.08 bits per heavy atom. The summed E-state index contributed by atoms with van der Waals surface area (Å²) in [5.74, 6) is -1.05. The zero-order chi connectivity index (χ0) is 17.8. The minimum atomic E-state index is -1.13. The number of fused-ring (bicyclic) bond motifs is 3. The number of nitrogens with one attached hydrogen (secondary N) is 1. The lowest BCUT2D eigenvalue weighted by molar-refractivity contribution is -0.139. The number of halogens is 1. The fraction of sp³-hybridized carbons (Fsp3) is 0.263. The third-order valence-electron chi connectivity index (χ3n) is 4.33. The van der Waals surface area contributed by atoms with Crippen LogP contribution in [0.25, 0.3) is 11.1 Å². The molecule has 0 aromatic heterocycles. The molecule has 1 amide bonds. The number of amides is 1. The molecule has 1 atom stereocenters. The highest BCUT2D eigenvalue weighted by Gasteiger charge is 2.29. The van der Waals surface area contributed by atoms with Crippen LogP contribution in [0.2, 0.25) is 0 Å². The van der Waals surface area contributed by atoms with E-state index in [4.69, 9.17) is 21.4 Å². The first-order valence-electron chi connectivity index (χ1n) is 8.02. The lowest BCUT2D eigenvalue weighted by Gasteiger charge is -2.17. The van der Waals surface area contributed by atoms with Crippen molar-refractivity contribution in [2.45, 2.75) is 18.4 Å². The first-order chi connectivity index (χ1) is 12.1. The third kappa shape index (κ3) is 3.61. The van der Waals surface area contributed by atoms with Gasteiger partial charge in [0, 0.05) is 11.8 Å². The summed E-state index contributed by atoms with van der Waals surface area (Å²) in [5, 5.41) is 11.4. The van der Waals surface area contributed by atoms with Crippen LogP contribution in [0.1, 0.15) is 23.5 Å². The van der Waals surface area contributed by atoms with Crippen LogP contribution in [-0.2, 0) is 9.53 Å². The largest absolute Gasteiger partial charge is 0.480 e. The Kier molecular flexibility index (Phi) is 5.24. The van der Waals surface area contributed by atoms with Gasteiger partial charge in [-0.15, -0.1) is 11.6 Å². The van der Waals surface area contributed by atoms with Crippen LogP contribution >= 0.6 is 11.6 Å². The maximum atomic E-state index is 12.0. The Hall–Kier alpha value is -2.53. The molecule has 0 heterocycles. The zero-order valence-corrected chi connectivity index (χ0v) is 14.2. The smallest absolute Gasteiger partial charge is 0.407 e. The van der Waals surface area contributed by atoms with Crippen LogP contribution in [-0.4, -0.2) is 35.7 Å². The van der Waals surface area contributed by atoms with Gasteiger partial charge in [0.2, 0.25) is 0 Å². The highest BCUT2D eigenvalue weighted by atomic mass is 35.5. The Morgan fingerprint density at radius 3 is 2.16 bits per heavy atom. The second-order valence-corrected chi connectivity index (χ2v) is 6.22. The average molecular weight is 360 g/mol. The molecule has 1 unspecified atom stereocenters. The fourth-order valence-electron chi connectivity index (χ4n) is 3.15. The standard InChI is InChI=1S/C19H18ClNO4/c20-10-9-17(18(22)23)21-19(24)25-11-16-14-7-3-1-5-12(14)13-6-2-4-8-15(13)16/h1-8,16-17H,9-11H2,(H,21,24)(H,22,23). The number of carboxylic acids is 1. The minimum absolute atomic E-state index is 0.0607. The van der Waals surface area contributed by atoms with E-state index >= 15 is 0 Å². The third-order valence-corrected chi connectivity index (χ3v) is 4.55. The molecule has 5 nitrogen and oxygen atoms in total. The molecule has 1 aliphatic carbocycles. The van der Waals surface area contributed by atoms with E-state index in [0.717, 1.165) is 22.3 Å². The van der Waals surface area contributed by atoms with Crippen LogP contribution in [0.15, 0.2) is 48.5 Å². The van der Waals surface area contributed by atoms with Crippen molar-refractivity contribution in [2.24, 2.45) is 0 Å². The van der Waals surface area contributed by atoms with Crippen molar-refractivity contribution in [2.75, 3.05) is 12.5 Å². The van der Waals surface area contributed by atoms with Crippen LogP contribution in [0.3, 0.4) is 0 Å². The molecule has 0 spiro atoms. The molecule has 2 N–H and O–H groups in total. The molecule has 130 valence electrons. The predicted molar refractivity (Wildman–Crippen MR) is 95.0 cm³/mol. The first kappa shape index (κ1) is 17.3.